The Morgan fingerprint density at radius 1 is 1.55 bits per heavy atom. The molecule has 0 spiro atoms. The van der Waals surface area contributed by atoms with Crippen LogP contribution in [0.15, 0.2) is 23.8 Å². The molecule has 1 nitrogen and oxygen atoms in total. The molecular formula is C10H14O. The van der Waals surface area contributed by atoms with Crippen molar-refractivity contribution in [2.45, 2.75) is 19.8 Å². The number of hydrogen-bond donors (Lipinski definition) is 1. The first-order valence-corrected chi connectivity index (χ1v) is 3.69. The van der Waals surface area contributed by atoms with E-state index in [9.17, 15) is 0 Å². The van der Waals surface area contributed by atoms with E-state index in [1.165, 1.54) is 0 Å². The molecule has 0 heterocycles. The van der Waals surface area contributed by atoms with Gasteiger partial charge in [0.1, 0.15) is 0 Å². The van der Waals surface area contributed by atoms with E-state index in [-0.39, 0.29) is 6.61 Å². The topological polar surface area (TPSA) is 20.2 Å². The number of rotatable bonds is 4. The first kappa shape index (κ1) is 10.0. The molecule has 1 heteroatoms. The second-order valence-corrected chi connectivity index (χ2v) is 2.35. The Kier molecular flexibility index (Phi) is 6.46. The van der Waals surface area contributed by atoms with E-state index >= 15 is 0 Å². The molecule has 0 rings (SSSR count). The van der Waals surface area contributed by atoms with Crippen LogP contribution in [0, 0.1) is 12.3 Å². The van der Waals surface area contributed by atoms with Gasteiger partial charge in [0.25, 0.3) is 0 Å². The van der Waals surface area contributed by atoms with E-state index in [2.05, 4.69) is 5.92 Å². The number of aliphatic hydroxyl groups is 1. The maximum atomic E-state index is 8.62. The molecule has 0 saturated carbocycles. The third-order valence-corrected chi connectivity index (χ3v) is 1.29. The lowest BCUT2D eigenvalue weighted by Crippen LogP contribution is -1.82. The average Bonchev–Trinajstić information content (AvgIpc) is 2.04. The first-order chi connectivity index (χ1) is 5.31. The van der Waals surface area contributed by atoms with Gasteiger partial charge in [-0.2, -0.15) is 0 Å². The monoisotopic (exact) mass is 150 g/mol. The van der Waals surface area contributed by atoms with Crippen LogP contribution < -0.4 is 0 Å². The van der Waals surface area contributed by atoms with Crippen molar-refractivity contribution in [2.24, 2.45) is 0 Å². The second-order valence-electron chi connectivity index (χ2n) is 2.35. The zero-order chi connectivity index (χ0) is 8.53. The highest BCUT2D eigenvalue weighted by Crippen LogP contribution is 1.97. The smallest absolute Gasteiger partial charge is 0.0639 e. The largest absolute Gasteiger partial charge is 0.392 e. The maximum Gasteiger partial charge on any atom is 0.0639 e. The minimum absolute atomic E-state index is 0.152. The Bertz CT molecular complexity index is 182. The molecule has 11 heavy (non-hydrogen) atoms. The molecule has 0 bridgehead atoms. The van der Waals surface area contributed by atoms with Crippen LogP contribution in [0.4, 0.5) is 0 Å². The first-order valence-electron chi connectivity index (χ1n) is 3.69. The summed E-state index contributed by atoms with van der Waals surface area (Å²) >= 11 is 0. The molecule has 0 saturated heterocycles. The van der Waals surface area contributed by atoms with E-state index in [1.807, 2.05) is 19.1 Å². The summed E-state index contributed by atoms with van der Waals surface area (Å²) in [6, 6.07) is 0. The van der Waals surface area contributed by atoms with Crippen LogP contribution in [0.3, 0.4) is 0 Å². The summed E-state index contributed by atoms with van der Waals surface area (Å²) in [6.07, 6.45) is 12.6. The lowest BCUT2D eigenvalue weighted by molar-refractivity contribution is 0.331. The van der Waals surface area contributed by atoms with Gasteiger partial charge in [0.2, 0.25) is 0 Å². The Balaban J connectivity index is 3.42. The van der Waals surface area contributed by atoms with E-state index in [0.29, 0.717) is 0 Å². The van der Waals surface area contributed by atoms with Gasteiger partial charge in [-0.1, -0.05) is 23.6 Å². The molecule has 0 aliphatic heterocycles. The molecule has 0 unspecified atom stereocenters. The molecule has 0 aromatic carbocycles. The van der Waals surface area contributed by atoms with Crippen LogP contribution in [0.1, 0.15) is 19.8 Å². The summed E-state index contributed by atoms with van der Waals surface area (Å²) in [5.74, 6) is 2.42. The van der Waals surface area contributed by atoms with Crippen molar-refractivity contribution in [3.05, 3.63) is 23.8 Å². The molecule has 60 valence electrons. The standard InChI is InChI=1S/C10H14O/c1-3-4-5-6-7-8-10(2)9-11/h1,4-5,8,11H,6-7,9H2,2H3/b5-4+,10-8+. The Morgan fingerprint density at radius 3 is 2.82 bits per heavy atom. The molecule has 0 fully saturated rings. The molecule has 0 aromatic rings. The highest BCUT2D eigenvalue weighted by Gasteiger charge is 1.82. The summed E-state index contributed by atoms with van der Waals surface area (Å²) in [7, 11) is 0. The van der Waals surface area contributed by atoms with Crippen LogP contribution in [0.25, 0.3) is 0 Å². The van der Waals surface area contributed by atoms with Gasteiger partial charge in [-0.15, -0.1) is 6.42 Å². The normalized spacial score (nSPS) is 11.9. The third-order valence-electron chi connectivity index (χ3n) is 1.29. The van der Waals surface area contributed by atoms with Crippen LogP contribution >= 0.6 is 0 Å². The molecule has 0 aromatic heterocycles. The molecule has 1 N–H and O–H groups in total. The van der Waals surface area contributed by atoms with E-state index in [0.717, 1.165) is 18.4 Å². The van der Waals surface area contributed by atoms with Gasteiger partial charge in [0.05, 0.1) is 6.61 Å². The Hall–Kier alpha value is -1.00. The quantitative estimate of drug-likeness (QED) is 0.368. The van der Waals surface area contributed by atoms with Crippen molar-refractivity contribution in [3.63, 3.8) is 0 Å². The summed E-state index contributed by atoms with van der Waals surface area (Å²) in [5.41, 5.74) is 1.01. The van der Waals surface area contributed by atoms with Crippen LogP contribution in [0.2, 0.25) is 0 Å². The van der Waals surface area contributed by atoms with Crippen molar-refractivity contribution in [3.8, 4) is 12.3 Å². The highest BCUT2D eigenvalue weighted by molar-refractivity contribution is 5.09. The van der Waals surface area contributed by atoms with Gasteiger partial charge in [0.15, 0.2) is 0 Å². The second kappa shape index (κ2) is 7.11. The molecular weight excluding hydrogens is 136 g/mol. The van der Waals surface area contributed by atoms with E-state index < -0.39 is 0 Å². The fourth-order valence-corrected chi connectivity index (χ4v) is 0.642. The fraction of sp³-hybridized carbons (Fsp3) is 0.400. The minimum Gasteiger partial charge on any atom is -0.392 e. The van der Waals surface area contributed by atoms with Gasteiger partial charge in [-0.25, -0.2) is 0 Å². The molecule has 0 aliphatic carbocycles. The van der Waals surface area contributed by atoms with Crippen molar-refractivity contribution < 1.29 is 5.11 Å². The zero-order valence-electron chi connectivity index (χ0n) is 6.88. The third kappa shape index (κ3) is 6.89. The zero-order valence-corrected chi connectivity index (χ0v) is 6.88. The predicted octanol–water partition coefficient (Wildman–Crippen LogP) is 1.89. The van der Waals surface area contributed by atoms with Gasteiger partial charge in [-0.3, -0.25) is 0 Å². The van der Waals surface area contributed by atoms with Gasteiger partial charge in [-0.05, 0) is 25.8 Å². The van der Waals surface area contributed by atoms with Crippen molar-refractivity contribution in [1.29, 1.82) is 0 Å². The summed E-state index contributed by atoms with van der Waals surface area (Å²) < 4.78 is 0. The number of terminal acetylenes is 1. The van der Waals surface area contributed by atoms with Crippen molar-refractivity contribution in [1.82, 2.24) is 0 Å². The SMILES string of the molecule is C#C/C=C/CC/C=C(\C)CO. The maximum absolute atomic E-state index is 8.62. The lowest BCUT2D eigenvalue weighted by atomic mass is 10.2. The van der Waals surface area contributed by atoms with Crippen LogP contribution in [-0.2, 0) is 0 Å². The van der Waals surface area contributed by atoms with Gasteiger partial charge >= 0.3 is 0 Å². The van der Waals surface area contributed by atoms with Crippen LogP contribution in [0.5, 0.6) is 0 Å². The minimum atomic E-state index is 0.152. The molecule has 0 amide bonds. The Morgan fingerprint density at radius 2 is 2.27 bits per heavy atom. The van der Waals surface area contributed by atoms with Gasteiger partial charge < -0.3 is 5.11 Å². The molecule has 0 radical (unpaired) electrons. The highest BCUT2D eigenvalue weighted by atomic mass is 16.3. The van der Waals surface area contributed by atoms with E-state index in [4.69, 9.17) is 11.5 Å². The number of hydrogen-bond acceptors (Lipinski definition) is 1. The lowest BCUT2D eigenvalue weighted by Gasteiger charge is -1.91. The van der Waals surface area contributed by atoms with Crippen molar-refractivity contribution in [2.75, 3.05) is 6.61 Å². The number of aliphatic hydroxyl groups excluding tert-OH is 1. The number of unbranched alkanes of at least 4 members (excludes halogenated alkanes) is 1. The molecule has 0 aliphatic rings. The van der Waals surface area contributed by atoms with Crippen LogP contribution in [-0.4, -0.2) is 11.7 Å². The Labute approximate surface area is 68.4 Å². The van der Waals surface area contributed by atoms with Crippen molar-refractivity contribution >= 4 is 0 Å². The predicted molar refractivity (Wildman–Crippen MR) is 48.0 cm³/mol. The molecule has 0 atom stereocenters. The fourth-order valence-electron chi connectivity index (χ4n) is 0.642. The summed E-state index contributed by atoms with van der Waals surface area (Å²) in [4.78, 5) is 0. The summed E-state index contributed by atoms with van der Waals surface area (Å²) in [5, 5.41) is 8.62. The average molecular weight is 150 g/mol. The number of allylic oxidation sites excluding steroid dienone is 3. The summed E-state index contributed by atoms with van der Waals surface area (Å²) in [6.45, 7) is 2.06. The van der Waals surface area contributed by atoms with Gasteiger partial charge in [0, 0.05) is 0 Å². The van der Waals surface area contributed by atoms with E-state index in [1.54, 1.807) is 6.08 Å².